The van der Waals surface area contributed by atoms with Gasteiger partial charge in [-0.2, -0.15) is 0 Å². The van der Waals surface area contributed by atoms with Crippen LogP contribution in [0.2, 0.25) is 0 Å². The molecule has 2 aromatic rings. The first-order valence-corrected chi connectivity index (χ1v) is 8.21. The van der Waals surface area contributed by atoms with Crippen LogP contribution >= 0.6 is 0 Å². The lowest BCUT2D eigenvalue weighted by Gasteiger charge is -2.35. The number of carbonyl (C=O) groups is 2. The van der Waals surface area contributed by atoms with E-state index in [0.29, 0.717) is 18.8 Å². The van der Waals surface area contributed by atoms with Gasteiger partial charge in [-0.1, -0.05) is 18.2 Å². The third kappa shape index (κ3) is 4.43. The summed E-state index contributed by atoms with van der Waals surface area (Å²) in [6.45, 7) is 2.37. The average Bonchev–Trinajstić information content (AvgIpc) is 3.02. The van der Waals surface area contributed by atoms with Gasteiger partial charge in [0.2, 0.25) is 5.91 Å². The van der Waals surface area contributed by atoms with E-state index in [2.05, 4.69) is 20.9 Å². The van der Waals surface area contributed by atoms with E-state index in [1.54, 1.807) is 18.3 Å². The van der Waals surface area contributed by atoms with E-state index >= 15 is 0 Å². The minimum atomic E-state index is -0.528. The molecule has 0 bridgehead atoms. The fourth-order valence-electron chi connectivity index (χ4n) is 2.92. The number of aryl methyl sites for hydroxylation is 1. The van der Waals surface area contributed by atoms with Crippen molar-refractivity contribution < 1.29 is 9.59 Å². The number of amides is 3. The lowest BCUT2D eigenvalue weighted by Crippen LogP contribution is -2.51. The fraction of sp³-hybridized carbons (Fsp3) is 0.353. The van der Waals surface area contributed by atoms with Crippen LogP contribution in [0.1, 0.15) is 11.9 Å². The predicted octanol–water partition coefficient (Wildman–Crippen LogP) is 0.715. The molecule has 2 heterocycles. The van der Waals surface area contributed by atoms with Crippen molar-refractivity contribution in [1.82, 2.24) is 25.1 Å². The molecule has 3 amide bonds. The van der Waals surface area contributed by atoms with E-state index in [0.717, 1.165) is 12.4 Å². The van der Waals surface area contributed by atoms with Gasteiger partial charge < -0.3 is 15.2 Å². The number of para-hydroxylation sites is 1. The molecule has 0 spiro atoms. The van der Waals surface area contributed by atoms with E-state index in [4.69, 9.17) is 0 Å². The molecule has 0 radical (unpaired) electrons. The topological polar surface area (TPSA) is 91.3 Å². The van der Waals surface area contributed by atoms with E-state index in [1.807, 2.05) is 40.9 Å². The van der Waals surface area contributed by atoms with Gasteiger partial charge in [0.25, 0.3) is 0 Å². The van der Waals surface area contributed by atoms with E-state index in [-0.39, 0.29) is 18.5 Å². The molecule has 0 saturated carbocycles. The molecule has 1 unspecified atom stereocenters. The first-order chi connectivity index (χ1) is 12.1. The molecule has 25 heavy (non-hydrogen) atoms. The zero-order valence-corrected chi connectivity index (χ0v) is 14.1. The van der Waals surface area contributed by atoms with Crippen molar-refractivity contribution in [2.75, 3.05) is 31.5 Å². The summed E-state index contributed by atoms with van der Waals surface area (Å²) in [5, 5.41) is 8.34. The van der Waals surface area contributed by atoms with Gasteiger partial charge >= 0.3 is 6.03 Å². The van der Waals surface area contributed by atoms with Crippen LogP contribution in [-0.4, -0.2) is 52.6 Å². The number of hydrogen-bond acceptors (Lipinski definition) is 5. The molecule has 1 fully saturated rings. The Morgan fingerprint density at radius 1 is 1.32 bits per heavy atom. The predicted molar refractivity (Wildman–Crippen MR) is 94.0 cm³/mol. The van der Waals surface area contributed by atoms with Crippen LogP contribution in [0.4, 0.5) is 10.5 Å². The molecule has 1 aliphatic heterocycles. The molecule has 0 aliphatic carbocycles. The SMILES string of the molecule is Cn1ccnc1C1CNCCN1CC(=O)NC(=O)Nc1ccccc1. The highest BCUT2D eigenvalue weighted by Crippen LogP contribution is 2.19. The molecule has 8 heteroatoms. The molecule has 1 saturated heterocycles. The van der Waals surface area contributed by atoms with Crippen LogP contribution in [0, 0.1) is 0 Å². The number of imidazole rings is 1. The maximum absolute atomic E-state index is 12.3. The summed E-state index contributed by atoms with van der Waals surface area (Å²) in [7, 11) is 1.93. The van der Waals surface area contributed by atoms with Crippen molar-refractivity contribution in [3.63, 3.8) is 0 Å². The average molecular weight is 342 g/mol. The van der Waals surface area contributed by atoms with Crippen LogP contribution < -0.4 is 16.0 Å². The number of nitrogens with zero attached hydrogens (tertiary/aromatic N) is 3. The van der Waals surface area contributed by atoms with Gasteiger partial charge in [0.1, 0.15) is 5.82 Å². The Morgan fingerprint density at radius 2 is 2.12 bits per heavy atom. The number of nitrogens with one attached hydrogen (secondary N) is 3. The van der Waals surface area contributed by atoms with Crippen molar-refractivity contribution in [2.24, 2.45) is 7.05 Å². The summed E-state index contributed by atoms with van der Waals surface area (Å²) >= 11 is 0. The first-order valence-electron chi connectivity index (χ1n) is 8.21. The van der Waals surface area contributed by atoms with Gasteiger partial charge in [-0.15, -0.1) is 0 Å². The van der Waals surface area contributed by atoms with E-state index in [1.165, 1.54) is 0 Å². The summed E-state index contributed by atoms with van der Waals surface area (Å²) in [5.41, 5.74) is 0.640. The third-order valence-electron chi connectivity index (χ3n) is 4.14. The Balaban J connectivity index is 1.57. The van der Waals surface area contributed by atoms with Crippen LogP contribution in [0.25, 0.3) is 0 Å². The Hall–Kier alpha value is -2.71. The van der Waals surface area contributed by atoms with E-state index in [9.17, 15) is 9.59 Å². The quantitative estimate of drug-likeness (QED) is 0.761. The molecule has 1 aromatic heterocycles. The first kappa shape index (κ1) is 17.1. The summed E-state index contributed by atoms with van der Waals surface area (Å²) in [4.78, 5) is 30.6. The van der Waals surface area contributed by atoms with Crippen molar-refractivity contribution in [1.29, 1.82) is 0 Å². The zero-order valence-electron chi connectivity index (χ0n) is 14.1. The monoisotopic (exact) mass is 342 g/mol. The lowest BCUT2D eigenvalue weighted by molar-refractivity contribution is -0.121. The largest absolute Gasteiger partial charge is 0.337 e. The molecule has 3 N–H and O–H groups in total. The number of carbonyl (C=O) groups excluding carboxylic acids is 2. The van der Waals surface area contributed by atoms with Crippen molar-refractivity contribution in [2.45, 2.75) is 6.04 Å². The van der Waals surface area contributed by atoms with Crippen LogP contribution in [-0.2, 0) is 11.8 Å². The number of aromatic nitrogens is 2. The zero-order chi connectivity index (χ0) is 17.6. The minimum absolute atomic E-state index is 0.00307. The number of benzene rings is 1. The highest BCUT2D eigenvalue weighted by molar-refractivity contribution is 6.01. The van der Waals surface area contributed by atoms with E-state index < -0.39 is 6.03 Å². The minimum Gasteiger partial charge on any atom is -0.337 e. The van der Waals surface area contributed by atoms with Gasteiger partial charge in [0.15, 0.2) is 0 Å². The highest BCUT2D eigenvalue weighted by atomic mass is 16.2. The van der Waals surface area contributed by atoms with Crippen LogP contribution in [0.15, 0.2) is 42.7 Å². The summed E-state index contributed by atoms with van der Waals surface area (Å²) in [6.07, 6.45) is 3.63. The standard InChI is InChI=1S/C17H22N6O2/c1-22-9-8-19-16(22)14-11-18-7-10-23(14)12-15(24)21-17(25)20-13-5-3-2-4-6-13/h2-6,8-9,14,18H,7,10-12H2,1H3,(H2,20,21,24,25). The summed E-state index contributed by atoms with van der Waals surface area (Å²) < 4.78 is 1.95. The van der Waals surface area contributed by atoms with Gasteiger partial charge in [-0.05, 0) is 12.1 Å². The second-order valence-corrected chi connectivity index (χ2v) is 5.96. The molecule has 8 nitrogen and oxygen atoms in total. The smallest absolute Gasteiger partial charge is 0.325 e. The fourth-order valence-corrected chi connectivity index (χ4v) is 2.92. The van der Waals surface area contributed by atoms with Crippen LogP contribution in [0.3, 0.4) is 0 Å². The summed E-state index contributed by atoms with van der Waals surface area (Å²) in [6, 6.07) is 8.48. The molecule has 1 aromatic carbocycles. The second-order valence-electron chi connectivity index (χ2n) is 5.96. The normalized spacial score (nSPS) is 17.9. The number of imide groups is 1. The van der Waals surface area contributed by atoms with Crippen molar-refractivity contribution in [3.05, 3.63) is 48.5 Å². The number of rotatable bonds is 4. The third-order valence-corrected chi connectivity index (χ3v) is 4.14. The maximum atomic E-state index is 12.3. The van der Waals surface area contributed by atoms with Crippen molar-refractivity contribution >= 4 is 17.6 Å². The summed E-state index contributed by atoms with van der Waals surface area (Å²) in [5.74, 6) is 0.559. The molecular weight excluding hydrogens is 320 g/mol. The second kappa shape index (κ2) is 7.91. The molecule has 3 rings (SSSR count). The molecular formula is C17H22N6O2. The maximum Gasteiger partial charge on any atom is 0.325 e. The Kier molecular flexibility index (Phi) is 5.42. The molecule has 1 atom stereocenters. The molecule has 132 valence electrons. The van der Waals surface area contributed by atoms with Gasteiger partial charge in [-0.3, -0.25) is 15.0 Å². The highest BCUT2D eigenvalue weighted by Gasteiger charge is 2.28. The Morgan fingerprint density at radius 3 is 2.84 bits per heavy atom. The lowest BCUT2D eigenvalue weighted by atomic mass is 10.1. The number of urea groups is 1. The van der Waals surface area contributed by atoms with Crippen molar-refractivity contribution in [3.8, 4) is 0 Å². The number of anilines is 1. The number of hydrogen-bond donors (Lipinski definition) is 3. The molecule has 1 aliphatic rings. The van der Waals surface area contributed by atoms with Gasteiger partial charge in [-0.25, -0.2) is 9.78 Å². The van der Waals surface area contributed by atoms with Gasteiger partial charge in [0.05, 0.1) is 12.6 Å². The van der Waals surface area contributed by atoms with Crippen LogP contribution in [0.5, 0.6) is 0 Å². The Bertz CT molecular complexity index is 730. The Labute approximate surface area is 146 Å². The van der Waals surface area contributed by atoms with Gasteiger partial charge in [0, 0.05) is 44.8 Å². The number of piperazine rings is 1.